The van der Waals surface area contributed by atoms with Crippen LogP contribution >= 0.6 is 0 Å². The molecule has 1 aromatic heterocycles. The second-order valence-corrected chi connectivity index (χ2v) is 6.92. The standard InChI is InChI=1S/C22H24N4O/c27-22(21-7-3-12-23-21)24-15-19-5-1-2-6-20(19)18-10-8-17(9-11-18)16-26-14-4-13-25-26/h1-2,4-6,8-11,13-14,21,23H,3,7,12,15-16H2,(H,24,27). The molecule has 0 radical (unpaired) electrons. The van der Waals surface area contributed by atoms with Crippen LogP contribution in [0.3, 0.4) is 0 Å². The molecule has 5 heteroatoms. The summed E-state index contributed by atoms with van der Waals surface area (Å²) in [6.07, 6.45) is 5.75. The highest BCUT2D eigenvalue weighted by Crippen LogP contribution is 2.24. The summed E-state index contributed by atoms with van der Waals surface area (Å²) in [5.41, 5.74) is 4.65. The van der Waals surface area contributed by atoms with Crippen molar-refractivity contribution in [3.8, 4) is 11.1 Å². The molecule has 2 N–H and O–H groups in total. The minimum Gasteiger partial charge on any atom is -0.351 e. The quantitative estimate of drug-likeness (QED) is 0.711. The number of nitrogens with zero attached hydrogens (tertiary/aromatic N) is 2. The molecule has 1 fully saturated rings. The van der Waals surface area contributed by atoms with Crippen LogP contribution in [-0.4, -0.2) is 28.3 Å². The van der Waals surface area contributed by atoms with E-state index < -0.39 is 0 Å². The van der Waals surface area contributed by atoms with E-state index in [4.69, 9.17) is 0 Å². The van der Waals surface area contributed by atoms with Crippen molar-refractivity contribution in [1.29, 1.82) is 0 Å². The van der Waals surface area contributed by atoms with Gasteiger partial charge in [0.1, 0.15) is 0 Å². The van der Waals surface area contributed by atoms with Crippen molar-refractivity contribution in [3.05, 3.63) is 78.1 Å². The van der Waals surface area contributed by atoms with Gasteiger partial charge in [0.05, 0.1) is 12.6 Å². The first-order chi connectivity index (χ1) is 13.3. The van der Waals surface area contributed by atoms with Gasteiger partial charge in [-0.3, -0.25) is 9.48 Å². The maximum absolute atomic E-state index is 12.3. The Morgan fingerprint density at radius 3 is 2.74 bits per heavy atom. The van der Waals surface area contributed by atoms with Crippen LogP contribution < -0.4 is 10.6 Å². The summed E-state index contributed by atoms with van der Waals surface area (Å²) < 4.78 is 1.91. The third kappa shape index (κ3) is 4.26. The molecule has 0 spiro atoms. The number of amides is 1. The van der Waals surface area contributed by atoms with Crippen LogP contribution in [0.1, 0.15) is 24.0 Å². The van der Waals surface area contributed by atoms with Gasteiger partial charge >= 0.3 is 0 Å². The molecular weight excluding hydrogens is 336 g/mol. The Morgan fingerprint density at radius 1 is 1.15 bits per heavy atom. The molecule has 5 nitrogen and oxygen atoms in total. The Morgan fingerprint density at radius 2 is 2.00 bits per heavy atom. The van der Waals surface area contributed by atoms with Crippen molar-refractivity contribution in [2.75, 3.05) is 6.54 Å². The Balaban J connectivity index is 1.46. The number of carbonyl (C=O) groups is 1. The second kappa shape index (κ2) is 8.18. The van der Waals surface area contributed by atoms with Crippen LogP contribution in [0.5, 0.6) is 0 Å². The molecule has 4 rings (SSSR count). The van der Waals surface area contributed by atoms with Gasteiger partial charge in [0, 0.05) is 18.9 Å². The monoisotopic (exact) mass is 360 g/mol. The number of nitrogens with one attached hydrogen (secondary N) is 2. The van der Waals surface area contributed by atoms with E-state index in [-0.39, 0.29) is 11.9 Å². The Hall–Kier alpha value is -2.92. The van der Waals surface area contributed by atoms with Gasteiger partial charge in [-0.25, -0.2) is 0 Å². The van der Waals surface area contributed by atoms with Gasteiger partial charge in [-0.1, -0.05) is 48.5 Å². The number of hydrogen-bond donors (Lipinski definition) is 2. The highest BCUT2D eigenvalue weighted by Gasteiger charge is 2.21. The van der Waals surface area contributed by atoms with Crippen LogP contribution in [0.15, 0.2) is 67.0 Å². The van der Waals surface area contributed by atoms with E-state index in [0.29, 0.717) is 6.54 Å². The average Bonchev–Trinajstić information content (AvgIpc) is 3.41. The topological polar surface area (TPSA) is 59.0 Å². The molecule has 0 saturated carbocycles. The third-order valence-electron chi connectivity index (χ3n) is 5.02. The number of rotatable bonds is 6. The van der Waals surface area contributed by atoms with Gasteiger partial charge in [0.2, 0.25) is 5.91 Å². The van der Waals surface area contributed by atoms with Gasteiger partial charge < -0.3 is 10.6 Å². The van der Waals surface area contributed by atoms with Crippen LogP contribution in [0.25, 0.3) is 11.1 Å². The zero-order valence-corrected chi connectivity index (χ0v) is 15.3. The van der Waals surface area contributed by atoms with Gasteiger partial charge in [0.25, 0.3) is 0 Å². The predicted molar refractivity (Wildman–Crippen MR) is 106 cm³/mol. The number of benzene rings is 2. The van der Waals surface area contributed by atoms with Crippen molar-refractivity contribution in [2.24, 2.45) is 0 Å². The first kappa shape index (κ1) is 17.5. The van der Waals surface area contributed by atoms with Crippen molar-refractivity contribution in [1.82, 2.24) is 20.4 Å². The summed E-state index contributed by atoms with van der Waals surface area (Å²) in [5.74, 6) is 0.0943. The molecule has 138 valence electrons. The zero-order chi connectivity index (χ0) is 18.5. The van der Waals surface area contributed by atoms with Crippen LogP contribution in [0.4, 0.5) is 0 Å². The largest absolute Gasteiger partial charge is 0.351 e. The van der Waals surface area contributed by atoms with E-state index in [1.165, 1.54) is 5.56 Å². The molecule has 2 heterocycles. The van der Waals surface area contributed by atoms with Gasteiger partial charge in [-0.15, -0.1) is 0 Å². The summed E-state index contributed by atoms with van der Waals surface area (Å²) in [7, 11) is 0. The lowest BCUT2D eigenvalue weighted by Crippen LogP contribution is -2.40. The first-order valence-electron chi connectivity index (χ1n) is 9.45. The summed E-state index contributed by atoms with van der Waals surface area (Å²) in [4.78, 5) is 12.3. The minimum atomic E-state index is -0.0428. The molecule has 1 saturated heterocycles. The smallest absolute Gasteiger partial charge is 0.237 e. The van der Waals surface area contributed by atoms with Crippen molar-refractivity contribution < 1.29 is 4.79 Å². The molecule has 0 bridgehead atoms. The summed E-state index contributed by atoms with van der Waals surface area (Å²) in [5, 5.41) is 10.6. The van der Waals surface area contributed by atoms with Crippen LogP contribution in [0.2, 0.25) is 0 Å². The van der Waals surface area contributed by atoms with E-state index in [9.17, 15) is 4.79 Å². The second-order valence-electron chi connectivity index (χ2n) is 6.92. The van der Waals surface area contributed by atoms with E-state index in [1.807, 2.05) is 29.1 Å². The normalized spacial score (nSPS) is 16.4. The first-order valence-corrected chi connectivity index (χ1v) is 9.45. The van der Waals surface area contributed by atoms with Gasteiger partial charge in [-0.05, 0) is 47.7 Å². The third-order valence-corrected chi connectivity index (χ3v) is 5.02. The van der Waals surface area contributed by atoms with Crippen molar-refractivity contribution >= 4 is 5.91 Å². The highest BCUT2D eigenvalue weighted by atomic mass is 16.2. The molecule has 3 aromatic rings. The zero-order valence-electron chi connectivity index (χ0n) is 15.3. The van der Waals surface area contributed by atoms with Crippen molar-refractivity contribution in [3.63, 3.8) is 0 Å². The SMILES string of the molecule is O=C(NCc1ccccc1-c1ccc(Cn2cccn2)cc1)C1CCCN1. The van der Waals surface area contributed by atoms with E-state index >= 15 is 0 Å². The number of aromatic nitrogens is 2. The fourth-order valence-corrected chi connectivity index (χ4v) is 3.54. The molecule has 1 amide bonds. The molecule has 0 aliphatic carbocycles. The predicted octanol–water partition coefficient (Wildman–Crippen LogP) is 2.97. The van der Waals surface area contributed by atoms with E-state index in [1.54, 1.807) is 6.20 Å². The van der Waals surface area contributed by atoms with Gasteiger partial charge in [0.15, 0.2) is 0 Å². The summed E-state index contributed by atoms with van der Waals surface area (Å²) in [6.45, 7) is 2.24. The van der Waals surface area contributed by atoms with Crippen LogP contribution in [0, 0.1) is 0 Å². The minimum absolute atomic E-state index is 0.0428. The molecule has 1 atom stereocenters. The number of carbonyl (C=O) groups excluding carboxylic acids is 1. The lowest BCUT2D eigenvalue weighted by atomic mass is 9.98. The molecule has 1 aliphatic heterocycles. The Labute approximate surface area is 159 Å². The molecule has 27 heavy (non-hydrogen) atoms. The lowest BCUT2D eigenvalue weighted by molar-refractivity contribution is -0.122. The molecule has 2 aromatic carbocycles. The fraction of sp³-hybridized carbons (Fsp3) is 0.273. The van der Waals surface area contributed by atoms with Crippen LogP contribution in [-0.2, 0) is 17.9 Å². The average molecular weight is 360 g/mol. The molecular formula is C22H24N4O. The Kier molecular flexibility index (Phi) is 5.30. The van der Waals surface area contributed by atoms with E-state index in [2.05, 4.69) is 52.1 Å². The Bertz CT molecular complexity index is 881. The highest BCUT2D eigenvalue weighted by molar-refractivity contribution is 5.82. The maximum Gasteiger partial charge on any atom is 0.237 e. The fourth-order valence-electron chi connectivity index (χ4n) is 3.54. The molecule has 1 unspecified atom stereocenters. The van der Waals surface area contributed by atoms with Crippen molar-refractivity contribution in [2.45, 2.75) is 32.0 Å². The van der Waals surface area contributed by atoms with E-state index in [0.717, 1.165) is 42.6 Å². The van der Waals surface area contributed by atoms with Gasteiger partial charge in [-0.2, -0.15) is 5.10 Å². The lowest BCUT2D eigenvalue weighted by Gasteiger charge is -2.14. The summed E-state index contributed by atoms with van der Waals surface area (Å²) >= 11 is 0. The molecule has 1 aliphatic rings. The summed E-state index contributed by atoms with van der Waals surface area (Å²) in [6, 6.07) is 18.7. The number of hydrogen-bond acceptors (Lipinski definition) is 3. The maximum atomic E-state index is 12.3.